The lowest BCUT2D eigenvalue weighted by atomic mass is 9.85. The highest BCUT2D eigenvalue weighted by Crippen LogP contribution is 2.54. The van der Waals surface area contributed by atoms with Gasteiger partial charge in [-0.1, -0.05) is 27.6 Å². The smallest absolute Gasteiger partial charge is 0.0725 e. The van der Waals surface area contributed by atoms with Crippen LogP contribution in [0.1, 0.15) is 42.2 Å². The fraction of sp³-hybridized carbons (Fsp3) is 1.00. The first kappa shape index (κ1) is 2.54. The fourth-order valence-corrected chi connectivity index (χ4v) is 0.712. The van der Waals surface area contributed by atoms with Crippen molar-refractivity contribution >= 4 is 0 Å². The average molecular weight is 134 g/mol. The van der Waals surface area contributed by atoms with E-state index in [1.54, 1.807) is 0 Å². The highest BCUT2D eigenvalue weighted by Gasteiger charge is 2.57. The molecule has 1 N–H and O–H groups in total. The molecule has 2 atom stereocenters. The highest BCUT2D eigenvalue weighted by molar-refractivity contribution is 5.08. The molecule has 0 bridgehead atoms. The Balaban J connectivity index is 3.30. The van der Waals surface area contributed by atoms with Crippen molar-refractivity contribution in [3.05, 3.63) is 0 Å². The van der Waals surface area contributed by atoms with Crippen molar-refractivity contribution in [1.29, 1.82) is 0 Å². The summed E-state index contributed by atoms with van der Waals surface area (Å²) >= 11 is 0. The van der Waals surface area contributed by atoms with Crippen molar-refractivity contribution in [3.8, 4) is 0 Å². The summed E-state index contributed by atoms with van der Waals surface area (Å²) in [6.45, 7) is 1.77. The van der Waals surface area contributed by atoms with Gasteiger partial charge in [0.05, 0.1) is 5.60 Å². The van der Waals surface area contributed by atoms with Crippen LogP contribution in [0.15, 0.2) is 0 Å². The molecule has 0 saturated heterocycles. The number of aliphatic hydroxyl groups is 1. The van der Waals surface area contributed by atoms with E-state index in [1.165, 1.54) is 20.8 Å². The van der Waals surface area contributed by atoms with Gasteiger partial charge in [0, 0.05) is 8.22 Å². The SMILES string of the molecule is [2H]C([2H])([2H])[C@@]1([2H])C([2H])([2H])[C@]1(O)C(C)(C)C. The summed E-state index contributed by atoms with van der Waals surface area (Å²) in [5.41, 5.74) is -3.13. The monoisotopic (exact) mass is 134 g/mol. The van der Waals surface area contributed by atoms with Gasteiger partial charge >= 0.3 is 0 Å². The molecule has 0 aliphatic heterocycles. The second-order valence-corrected chi connectivity index (χ2v) is 3.46. The van der Waals surface area contributed by atoms with Crippen molar-refractivity contribution in [3.63, 3.8) is 0 Å². The first-order chi connectivity index (χ1) is 6.25. The Bertz CT molecular complexity index is 262. The summed E-state index contributed by atoms with van der Waals surface area (Å²) in [6.07, 6.45) is -2.41. The molecule has 0 unspecified atom stereocenters. The van der Waals surface area contributed by atoms with Crippen molar-refractivity contribution < 1.29 is 13.3 Å². The molecule has 0 aromatic carbocycles. The van der Waals surface area contributed by atoms with E-state index in [0.717, 1.165) is 0 Å². The van der Waals surface area contributed by atoms with Crippen LogP contribution >= 0.6 is 0 Å². The summed E-state index contributed by atoms with van der Waals surface area (Å²) in [4.78, 5) is 0. The standard InChI is InChI=1S/C8H16O/c1-6-5-8(6,9)7(2,3)4/h6,9H,5H2,1-4H3/t6-,8+/m0/s1/i1D3,5D2,6D. The van der Waals surface area contributed by atoms with Crippen molar-refractivity contribution in [2.24, 2.45) is 11.3 Å². The van der Waals surface area contributed by atoms with E-state index < -0.39 is 30.1 Å². The fourth-order valence-electron chi connectivity index (χ4n) is 0.712. The Morgan fingerprint density at radius 3 is 2.56 bits per heavy atom. The molecule has 0 aromatic rings. The lowest BCUT2D eigenvalue weighted by Crippen LogP contribution is -2.29. The normalized spacial score (nSPS) is 68.0. The van der Waals surface area contributed by atoms with Gasteiger partial charge in [-0.2, -0.15) is 0 Å². The Morgan fingerprint density at radius 1 is 1.89 bits per heavy atom. The van der Waals surface area contributed by atoms with E-state index in [1.807, 2.05) is 0 Å². The van der Waals surface area contributed by atoms with Gasteiger partial charge in [0.2, 0.25) is 0 Å². The zero-order chi connectivity index (χ0) is 12.5. The molecule has 1 fully saturated rings. The molecule has 0 radical (unpaired) electrons. The molecule has 1 heteroatoms. The second-order valence-electron chi connectivity index (χ2n) is 3.46. The minimum absolute atomic E-state index is 0.993. The highest BCUT2D eigenvalue weighted by atomic mass is 16.3. The Labute approximate surface area is 65.5 Å². The topological polar surface area (TPSA) is 20.2 Å². The first-order valence-corrected chi connectivity index (χ1v) is 2.97. The maximum Gasteiger partial charge on any atom is 0.0725 e. The van der Waals surface area contributed by atoms with Gasteiger partial charge in [-0.15, -0.1) is 0 Å². The van der Waals surface area contributed by atoms with Crippen molar-refractivity contribution in [1.82, 2.24) is 0 Å². The zero-order valence-electron chi connectivity index (χ0n) is 11.9. The van der Waals surface area contributed by atoms with Gasteiger partial charge in [0.1, 0.15) is 0 Å². The van der Waals surface area contributed by atoms with Crippen LogP contribution in [0, 0.1) is 11.3 Å². The molecular formula is C8H16O. The quantitative estimate of drug-likeness (QED) is 0.535. The lowest BCUT2D eigenvalue weighted by Gasteiger charge is -2.26. The number of rotatable bonds is 0. The van der Waals surface area contributed by atoms with Gasteiger partial charge < -0.3 is 5.11 Å². The van der Waals surface area contributed by atoms with Crippen LogP contribution in [0.4, 0.5) is 0 Å². The summed E-state index contributed by atoms with van der Waals surface area (Å²) in [7, 11) is 0. The number of hydrogen-bond donors (Lipinski definition) is 1. The third-order valence-corrected chi connectivity index (χ3v) is 1.69. The molecule has 1 saturated carbocycles. The molecule has 1 aliphatic carbocycles. The van der Waals surface area contributed by atoms with E-state index in [2.05, 4.69) is 0 Å². The zero-order valence-corrected chi connectivity index (χ0v) is 5.95. The molecule has 1 rings (SSSR count). The average Bonchev–Trinajstić information content (AvgIpc) is 2.29. The third kappa shape index (κ3) is 0.877. The third-order valence-electron chi connectivity index (χ3n) is 1.69. The van der Waals surface area contributed by atoms with Gasteiger partial charge in [-0.3, -0.25) is 0 Å². The predicted molar refractivity (Wildman–Crippen MR) is 38.2 cm³/mol. The summed E-state index contributed by atoms with van der Waals surface area (Å²) in [6, 6.07) is 0. The summed E-state index contributed by atoms with van der Waals surface area (Å²) in [5, 5.41) is 10.1. The summed E-state index contributed by atoms with van der Waals surface area (Å²) < 4.78 is 44.3. The Kier molecular flexibility index (Phi) is 0.427. The maximum absolute atomic E-state index is 10.1. The molecule has 54 valence electrons. The van der Waals surface area contributed by atoms with Crippen molar-refractivity contribution in [2.75, 3.05) is 0 Å². The van der Waals surface area contributed by atoms with Gasteiger partial charge in [0.15, 0.2) is 0 Å². The predicted octanol–water partition coefficient (Wildman–Crippen LogP) is 1.80. The van der Waals surface area contributed by atoms with Crippen molar-refractivity contribution in [2.45, 2.75) is 39.6 Å². The maximum atomic E-state index is 10.1. The Hall–Kier alpha value is -0.0400. The van der Waals surface area contributed by atoms with Crippen LogP contribution in [-0.2, 0) is 0 Å². The van der Waals surface area contributed by atoms with E-state index in [9.17, 15) is 5.11 Å². The molecule has 1 nitrogen and oxygen atoms in total. The minimum atomic E-state index is -2.83. The number of hydrogen-bond acceptors (Lipinski definition) is 1. The van der Waals surface area contributed by atoms with Crippen LogP contribution in [0.2, 0.25) is 0 Å². The second kappa shape index (κ2) is 1.51. The van der Waals surface area contributed by atoms with Gasteiger partial charge in [-0.05, 0) is 17.7 Å². The minimum Gasteiger partial charge on any atom is -0.389 e. The van der Waals surface area contributed by atoms with E-state index >= 15 is 0 Å². The van der Waals surface area contributed by atoms with E-state index in [4.69, 9.17) is 8.22 Å². The lowest BCUT2D eigenvalue weighted by molar-refractivity contribution is 0.0241. The largest absolute Gasteiger partial charge is 0.389 e. The molecule has 0 amide bonds. The first-order valence-electron chi connectivity index (χ1n) is 5.97. The molecule has 9 heavy (non-hydrogen) atoms. The molecule has 0 aromatic heterocycles. The van der Waals surface area contributed by atoms with Crippen LogP contribution in [0.5, 0.6) is 0 Å². The Morgan fingerprint density at radius 2 is 2.44 bits per heavy atom. The van der Waals surface area contributed by atoms with E-state index in [0.29, 0.717) is 0 Å². The molecule has 0 heterocycles. The molecule has 0 spiro atoms. The van der Waals surface area contributed by atoms with Crippen LogP contribution in [-0.4, -0.2) is 10.7 Å². The summed E-state index contributed by atoms with van der Waals surface area (Å²) in [5.74, 6) is -2.44. The molecule has 1 aliphatic rings. The van der Waals surface area contributed by atoms with E-state index in [-0.39, 0.29) is 0 Å². The van der Waals surface area contributed by atoms with Crippen LogP contribution in [0.3, 0.4) is 0 Å². The van der Waals surface area contributed by atoms with Crippen LogP contribution in [0.25, 0.3) is 0 Å². The van der Waals surface area contributed by atoms with Gasteiger partial charge in [-0.25, -0.2) is 0 Å². The molecular weight excluding hydrogens is 112 g/mol. The van der Waals surface area contributed by atoms with Crippen LogP contribution < -0.4 is 0 Å². The van der Waals surface area contributed by atoms with Gasteiger partial charge in [0.25, 0.3) is 0 Å².